The summed E-state index contributed by atoms with van der Waals surface area (Å²) in [6, 6.07) is 13.1. The Morgan fingerprint density at radius 3 is 2.90 bits per heavy atom. The van der Waals surface area contributed by atoms with Crippen molar-refractivity contribution in [3.63, 3.8) is 0 Å². The molecule has 0 bridgehead atoms. The Kier molecular flexibility index (Phi) is 4.14. The van der Waals surface area contributed by atoms with E-state index in [2.05, 4.69) is 52.7 Å². The smallest absolute Gasteiger partial charge is 0.0649 e. The van der Waals surface area contributed by atoms with E-state index >= 15 is 0 Å². The van der Waals surface area contributed by atoms with E-state index in [1.165, 1.54) is 25.1 Å². The summed E-state index contributed by atoms with van der Waals surface area (Å²) in [5.41, 5.74) is 2.39. The first-order chi connectivity index (χ1) is 9.86. The summed E-state index contributed by atoms with van der Waals surface area (Å²) in [5, 5.41) is 7.86. The molecule has 1 unspecified atom stereocenters. The third-order valence-corrected chi connectivity index (χ3v) is 4.02. The summed E-state index contributed by atoms with van der Waals surface area (Å²) in [5.74, 6) is 0. The SMILES string of the molecule is CNC1CCCN(Cc2ccnn2-c2ccccc2)C1. The van der Waals surface area contributed by atoms with Crippen molar-refractivity contribution in [2.75, 3.05) is 20.1 Å². The van der Waals surface area contributed by atoms with E-state index in [4.69, 9.17) is 0 Å². The molecule has 2 aromatic rings. The van der Waals surface area contributed by atoms with Gasteiger partial charge in [-0.2, -0.15) is 5.10 Å². The van der Waals surface area contributed by atoms with E-state index in [-0.39, 0.29) is 0 Å². The number of hydrogen-bond donors (Lipinski definition) is 1. The predicted molar refractivity (Wildman–Crippen MR) is 80.9 cm³/mol. The first kappa shape index (κ1) is 13.3. The van der Waals surface area contributed by atoms with Crippen LogP contribution < -0.4 is 5.32 Å². The average Bonchev–Trinajstić information content (AvgIpc) is 2.96. The van der Waals surface area contributed by atoms with E-state index in [0.29, 0.717) is 6.04 Å². The largest absolute Gasteiger partial charge is 0.316 e. The summed E-state index contributed by atoms with van der Waals surface area (Å²) in [6.07, 6.45) is 4.44. The van der Waals surface area contributed by atoms with E-state index in [1.807, 2.05) is 16.9 Å². The molecule has 1 N–H and O–H groups in total. The zero-order chi connectivity index (χ0) is 13.8. The highest BCUT2D eigenvalue weighted by molar-refractivity contribution is 5.32. The second kappa shape index (κ2) is 6.20. The Labute approximate surface area is 120 Å². The van der Waals surface area contributed by atoms with Crippen LogP contribution in [0.1, 0.15) is 18.5 Å². The van der Waals surface area contributed by atoms with Gasteiger partial charge in [-0.05, 0) is 44.6 Å². The van der Waals surface area contributed by atoms with Crippen molar-refractivity contribution in [1.82, 2.24) is 20.0 Å². The van der Waals surface area contributed by atoms with Crippen LogP contribution in [-0.2, 0) is 6.54 Å². The number of benzene rings is 1. The minimum absolute atomic E-state index is 0.622. The molecule has 1 aliphatic heterocycles. The standard InChI is InChI=1S/C16H22N4/c1-17-14-6-5-11-19(12-14)13-16-9-10-18-20(16)15-7-3-2-4-8-15/h2-4,7-10,14,17H,5-6,11-13H2,1H3. The van der Waals surface area contributed by atoms with Gasteiger partial charge in [0.1, 0.15) is 0 Å². The third-order valence-electron chi connectivity index (χ3n) is 4.02. The van der Waals surface area contributed by atoms with Gasteiger partial charge in [0.25, 0.3) is 0 Å². The molecule has 1 atom stereocenters. The van der Waals surface area contributed by atoms with Gasteiger partial charge in [-0.3, -0.25) is 4.90 Å². The lowest BCUT2D eigenvalue weighted by Gasteiger charge is -2.32. The Morgan fingerprint density at radius 1 is 1.25 bits per heavy atom. The van der Waals surface area contributed by atoms with Crippen LogP contribution in [0.25, 0.3) is 5.69 Å². The van der Waals surface area contributed by atoms with Crippen molar-refractivity contribution in [1.29, 1.82) is 0 Å². The lowest BCUT2D eigenvalue weighted by Crippen LogP contribution is -2.44. The monoisotopic (exact) mass is 270 g/mol. The van der Waals surface area contributed by atoms with Gasteiger partial charge in [0.15, 0.2) is 0 Å². The van der Waals surface area contributed by atoms with Crippen LogP contribution in [-0.4, -0.2) is 40.9 Å². The van der Waals surface area contributed by atoms with Gasteiger partial charge in [-0.25, -0.2) is 4.68 Å². The number of nitrogens with zero attached hydrogens (tertiary/aromatic N) is 3. The molecular weight excluding hydrogens is 248 g/mol. The Bertz CT molecular complexity index is 534. The number of hydrogen-bond acceptors (Lipinski definition) is 3. The van der Waals surface area contributed by atoms with Crippen molar-refractivity contribution < 1.29 is 0 Å². The van der Waals surface area contributed by atoms with E-state index in [1.54, 1.807) is 0 Å². The number of rotatable bonds is 4. The first-order valence-electron chi connectivity index (χ1n) is 7.35. The molecule has 1 aromatic heterocycles. The van der Waals surface area contributed by atoms with Crippen LogP contribution >= 0.6 is 0 Å². The molecule has 0 amide bonds. The summed E-state index contributed by atoms with van der Waals surface area (Å²) >= 11 is 0. The maximum atomic E-state index is 4.47. The second-order valence-electron chi connectivity index (χ2n) is 5.43. The Balaban J connectivity index is 1.74. The quantitative estimate of drug-likeness (QED) is 0.923. The molecule has 0 spiro atoms. The number of para-hydroxylation sites is 1. The predicted octanol–water partition coefficient (Wildman–Crippen LogP) is 2.06. The summed E-state index contributed by atoms with van der Waals surface area (Å²) < 4.78 is 2.04. The molecule has 20 heavy (non-hydrogen) atoms. The number of likely N-dealkylation sites (N-methyl/N-ethyl adjacent to an activating group) is 1. The molecule has 3 rings (SSSR count). The average molecular weight is 270 g/mol. The number of nitrogens with one attached hydrogen (secondary N) is 1. The fourth-order valence-corrected chi connectivity index (χ4v) is 2.92. The van der Waals surface area contributed by atoms with Gasteiger partial charge in [-0.1, -0.05) is 18.2 Å². The maximum Gasteiger partial charge on any atom is 0.0649 e. The molecule has 4 heteroatoms. The molecule has 4 nitrogen and oxygen atoms in total. The van der Waals surface area contributed by atoms with Gasteiger partial charge >= 0.3 is 0 Å². The van der Waals surface area contributed by atoms with Gasteiger partial charge in [0.05, 0.1) is 11.4 Å². The second-order valence-corrected chi connectivity index (χ2v) is 5.43. The topological polar surface area (TPSA) is 33.1 Å². The fourth-order valence-electron chi connectivity index (χ4n) is 2.92. The van der Waals surface area contributed by atoms with Gasteiger partial charge < -0.3 is 5.32 Å². The first-order valence-corrected chi connectivity index (χ1v) is 7.35. The molecule has 1 aromatic carbocycles. The molecule has 106 valence electrons. The molecule has 2 heterocycles. The lowest BCUT2D eigenvalue weighted by atomic mass is 10.1. The van der Waals surface area contributed by atoms with Crippen molar-refractivity contribution in [3.8, 4) is 5.69 Å². The van der Waals surface area contributed by atoms with Crippen LogP contribution in [0, 0.1) is 0 Å². The molecule has 1 aliphatic rings. The highest BCUT2D eigenvalue weighted by Crippen LogP contribution is 2.16. The fraction of sp³-hybridized carbons (Fsp3) is 0.438. The van der Waals surface area contributed by atoms with Crippen molar-refractivity contribution in [2.24, 2.45) is 0 Å². The Morgan fingerprint density at radius 2 is 2.10 bits per heavy atom. The van der Waals surface area contributed by atoms with Crippen LogP contribution in [0.4, 0.5) is 0 Å². The Hall–Kier alpha value is -1.65. The minimum atomic E-state index is 0.622. The number of aromatic nitrogens is 2. The van der Waals surface area contributed by atoms with Gasteiger partial charge in [0.2, 0.25) is 0 Å². The van der Waals surface area contributed by atoms with Crippen molar-refractivity contribution in [3.05, 3.63) is 48.3 Å². The molecule has 0 radical (unpaired) electrons. The lowest BCUT2D eigenvalue weighted by molar-refractivity contribution is 0.185. The summed E-state index contributed by atoms with van der Waals surface area (Å²) in [4.78, 5) is 2.52. The maximum absolute atomic E-state index is 4.47. The zero-order valence-electron chi connectivity index (χ0n) is 12.0. The highest BCUT2D eigenvalue weighted by Gasteiger charge is 2.19. The van der Waals surface area contributed by atoms with E-state index in [0.717, 1.165) is 18.8 Å². The van der Waals surface area contributed by atoms with Crippen LogP contribution in [0.2, 0.25) is 0 Å². The zero-order valence-corrected chi connectivity index (χ0v) is 12.0. The summed E-state index contributed by atoms with van der Waals surface area (Å²) in [6.45, 7) is 3.27. The highest BCUT2D eigenvalue weighted by atomic mass is 15.3. The van der Waals surface area contributed by atoms with Gasteiger partial charge in [0, 0.05) is 25.3 Å². The van der Waals surface area contributed by atoms with Crippen LogP contribution in [0.3, 0.4) is 0 Å². The normalized spacial score (nSPS) is 20.1. The molecular formula is C16H22N4. The summed E-state index contributed by atoms with van der Waals surface area (Å²) in [7, 11) is 2.06. The van der Waals surface area contributed by atoms with Crippen LogP contribution in [0.5, 0.6) is 0 Å². The number of likely N-dealkylation sites (tertiary alicyclic amines) is 1. The third kappa shape index (κ3) is 2.92. The molecule has 0 saturated carbocycles. The molecule has 0 aliphatic carbocycles. The number of piperidine rings is 1. The van der Waals surface area contributed by atoms with Crippen molar-refractivity contribution >= 4 is 0 Å². The van der Waals surface area contributed by atoms with Crippen molar-refractivity contribution in [2.45, 2.75) is 25.4 Å². The van der Waals surface area contributed by atoms with Crippen LogP contribution in [0.15, 0.2) is 42.6 Å². The van der Waals surface area contributed by atoms with E-state index < -0.39 is 0 Å². The molecule has 1 saturated heterocycles. The molecule has 1 fully saturated rings. The van der Waals surface area contributed by atoms with Gasteiger partial charge in [-0.15, -0.1) is 0 Å². The minimum Gasteiger partial charge on any atom is -0.316 e. The van der Waals surface area contributed by atoms with E-state index in [9.17, 15) is 0 Å².